The summed E-state index contributed by atoms with van der Waals surface area (Å²) in [6, 6.07) is 6.14. The summed E-state index contributed by atoms with van der Waals surface area (Å²) < 4.78 is 29.0. The number of carbonyl (C=O) groups excluding carboxylic acids is 2. The maximum Gasteiger partial charge on any atom is 0.283 e. The maximum absolute atomic E-state index is 12.7. The Bertz CT molecular complexity index is 923. The van der Waals surface area contributed by atoms with E-state index in [0.29, 0.717) is 36.6 Å². The first-order chi connectivity index (χ1) is 13.8. The minimum absolute atomic E-state index is 0.0265. The number of anilines is 1. The molecule has 8 heteroatoms. The van der Waals surface area contributed by atoms with Gasteiger partial charge in [-0.15, -0.1) is 4.40 Å². The second-order valence-electron chi connectivity index (χ2n) is 8.42. The number of Topliss-reactive ketones (excluding diaryl/α,β-unsaturated/α-hetero) is 1. The van der Waals surface area contributed by atoms with Crippen molar-refractivity contribution >= 4 is 33.2 Å². The van der Waals surface area contributed by atoms with E-state index < -0.39 is 10.0 Å². The van der Waals surface area contributed by atoms with Crippen LogP contribution in [-0.4, -0.2) is 44.4 Å². The van der Waals surface area contributed by atoms with Crippen LogP contribution in [0.1, 0.15) is 44.9 Å². The summed E-state index contributed by atoms with van der Waals surface area (Å²) >= 11 is 0. The van der Waals surface area contributed by atoms with E-state index in [-0.39, 0.29) is 28.6 Å². The lowest BCUT2D eigenvalue weighted by Gasteiger charge is -2.36. The molecule has 1 heterocycles. The molecule has 2 atom stereocenters. The van der Waals surface area contributed by atoms with Gasteiger partial charge in [-0.05, 0) is 56.4 Å². The van der Waals surface area contributed by atoms with Gasteiger partial charge in [-0.1, -0.05) is 6.42 Å². The minimum atomic E-state index is -3.76. The van der Waals surface area contributed by atoms with Gasteiger partial charge in [0.2, 0.25) is 5.91 Å². The number of fused-ring (bicyclic) bond motifs is 2. The fraction of sp³-hybridized carbons (Fsp3) is 0.571. The molecule has 7 nitrogen and oxygen atoms in total. The van der Waals surface area contributed by atoms with Crippen molar-refractivity contribution in [1.29, 1.82) is 0 Å². The van der Waals surface area contributed by atoms with Crippen LogP contribution in [-0.2, 0) is 19.6 Å². The van der Waals surface area contributed by atoms with E-state index in [2.05, 4.69) is 9.71 Å². The first kappa shape index (κ1) is 20.1. The molecule has 0 aromatic heterocycles. The molecule has 2 unspecified atom stereocenters. The van der Waals surface area contributed by atoms with Crippen LogP contribution in [0.15, 0.2) is 33.6 Å². The van der Waals surface area contributed by atoms with Crippen LogP contribution in [0.25, 0.3) is 0 Å². The van der Waals surface area contributed by atoms with Crippen molar-refractivity contribution in [2.75, 3.05) is 18.9 Å². The maximum atomic E-state index is 12.7. The van der Waals surface area contributed by atoms with Gasteiger partial charge in [0, 0.05) is 43.5 Å². The summed E-state index contributed by atoms with van der Waals surface area (Å²) in [6.07, 6.45) is 5.68. The third-order valence-corrected chi connectivity index (χ3v) is 7.72. The third kappa shape index (κ3) is 4.22. The Kier molecular flexibility index (Phi) is 5.46. The molecule has 2 saturated carbocycles. The topological polar surface area (TPSA) is 95.9 Å². The average Bonchev–Trinajstić information content (AvgIpc) is 3.06. The number of amides is 1. The highest BCUT2D eigenvalue weighted by atomic mass is 32.2. The first-order valence-electron chi connectivity index (χ1n) is 10.3. The van der Waals surface area contributed by atoms with E-state index >= 15 is 0 Å². The summed E-state index contributed by atoms with van der Waals surface area (Å²) in [6.45, 7) is 0.813. The largest absolute Gasteiger partial charge is 0.362 e. The standard InChI is InChI=1S/C21H27N3O4S/c1-24-11-3-6-19(24)23-29(27,28)18-9-7-17(8-10-18)22-21(26)16-12-14-4-2-5-15(13-16)20(14)25/h7-10,14-16H,2-6,11-13H2,1H3,(H,22,26)/b23-19+. The quantitative estimate of drug-likeness (QED) is 0.813. The summed E-state index contributed by atoms with van der Waals surface area (Å²) in [5, 5.41) is 2.89. The normalized spacial score (nSPS) is 28.6. The van der Waals surface area contributed by atoms with Crippen LogP contribution < -0.4 is 5.32 Å². The Morgan fingerprint density at radius 3 is 2.34 bits per heavy atom. The second-order valence-corrected chi connectivity index (χ2v) is 10.0. The Hall–Kier alpha value is -2.22. The third-order valence-electron chi connectivity index (χ3n) is 6.40. The Labute approximate surface area is 171 Å². The number of carbonyl (C=O) groups is 2. The fourth-order valence-corrected chi connectivity index (χ4v) is 5.84. The molecule has 1 N–H and O–H groups in total. The molecule has 156 valence electrons. The highest BCUT2D eigenvalue weighted by Gasteiger charge is 2.41. The van der Waals surface area contributed by atoms with Crippen molar-refractivity contribution in [3.8, 4) is 0 Å². The SMILES string of the molecule is CN1CCC/C1=N\S(=O)(=O)c1ccc(NC(=O)C2CC3CCCC(C2)C3=O)cc1. The van der Waals surface area contributed by atoms with Gasteiger partial charge in [0.15, 0.2) is 0 Å². The predicted octanol–water partition coefficient (Wildman–Crippen LogP) is 2.83. The van der Waals surface area contributed by atoms with Gasteiger partial charge >= 0.3 is 0 Å². The lowest BCUT2D eigenvalue weighted by atomic mass is 9.67. The molecule has 1 aromatic carbocycles. The lowest BCUT2D eigenvalue weighted by Crippen LogP contribution is -2.40. The monoisotopic (exact) mass is 417 g/mol. The molecular formula is C21H27N3O4S. The van der Waals surface area contributed by atoms with Gasteiger partial charge in [-0.2, -0.15) is 8.42 Å². The van der Waals surface area contributed by atoms with Gasteiger partial charge in [0.25, 0.3) is 10.0 Å². The lowest BCUT2D eigenvalue weighted by molar-refractivity contribution is -0.136. The predicted molar refractivity (Wildman–Crippen MR) is 110 cm³/mol. The number of nitrogens with one attached hydrogen (secondary N) is 1. The summed E-state index contributed by atoms with van der Waals surface area (Å²) in [4.78, 5) is 26.9. The van der Waals surface area contributed by atoms with Crippen molar-refractivity contribution in [2.45, 2.75) is 49.8 Å². The molecule has 3 fully saturated rings. The number of benzene rings is 1. The van der Waals surface area contributed by atoms with Gasteiger partial charge < -0.3 is 10.2 Å². The molecular weight excluding hydrogens is 390 g/mol. The minimum Gasteiger partial charge on any atom is -0.362 e. The highest BCUT2D eigenvalue weighted by Crippen LogP contribution is 2.40. The summed E-state index contributed by atoms with van der Waals surface area (Å²) in [5.74, 6) is 0.731. The van der Waals surface area contributed by atoms with Gasteiger partial charge in [0.1, 0.15) is 11.6 Å². The van der Waals surface area contributed by atoms with Crippen molar-refractivity contribution in [1.82, 2.24) is 4.90 Å². The molecule has 2 bridgehead atoms. The van der Waals surface area contributed by atoms with Crippen molar-refractivity contribution in [2.24, 2.45) is 22.2 Å². The molecule has 1 saturated heterocycles. The van der Waals surface area contributed by atoms with Gasteiger partial charge in [-0.25, -0.2) is 0 Å². The van der Waals surface area contributed by atoms with E-state index in [1.165, 1.54) is 12.1 Å². The number of nitrogens with zero attached hydrogens (tertiary/aromatic N) is 2. The molecule has 2 aliphatic carbocycles. The molecule has 3 aliphatic rings. The Morgan fingerprint density at radius 1 is 1.10 bits per heavy atom. The zero-order chi connectivity index (χ0) is 20.6. The smallest absolute Gasteiger partial charge is 0.283 e. The van der Waals surface area contributed by atoms with Crippen molar-refractivity contribution in [3.05, 3.63) is 24.3 Å². The summed E-state index contributed by atoms with van der Waals surface area (Å²) in [5.41, 5.74) is 0.557. The summed E-state index contributed by atoms with van der Waals surface area (Å²) in [7, 11) is -1.92. The van der Waals surface area contributed by atoms with Crippen molar-refractivity contribution < 1.29 is 18.0 Å². The van der Waals surface area contributed by atoms with Gasteiger partial charge in [-0.3, -0.25) is 9.59 Å². The number of hydrogen-bond acceptors (Lipinski definition) is 4. The molecule has 1 aromatic rings. The van der Waals surface area contributed by atoms with Crippen LogP contribution in [0.5, 0.6) is 0 Å². The number of rotatable bonds is 4. The van der Waals surface area contributed by atoms with Crippen LogP contribution in [0.4, 0.5) is 5.69 Å². The Morgan fingerprint density at radius 2 is 1.76 bits per heavy atom. The molecule has 1 amide bonds. The number of amidine groups is 1. The number of sulfonamides is 1. The van der Waals surface area contributed by atoms with Gasteiger partial charge in [0.05, 0.1) is 4.90 Å². The van der Waals surface area contributed by atoms with Crippen LogP contribution in [0.2, 0.25) is 0 Å². The fourth-order valence-electron chi connectivity index (χ4n) is 4.75. The molecule has 29 heavy (non-hydrogen) atoms. The number of ketones is 1. The molecule has 1 aliphatic heterocycles. The van der Waals surface area contributed by atoms with Crippen molar-refractivity contribution in [3.63, 3.8) is 0 Å². The van der Waals surface area contributed by atoms with E-state index in [9.17, 15) is 18.0 Å². The van der Waals surface area contributed by atoms with E-state index in [0.717, 1.165) is 32.2 Å². The van der Waals surface area contributed by atoms with Crippen LogP contribution in [0, 0.1) is 17.8 Å². The Balaban J connectivity index is 1.42. The number of likely N-dealkylation sites (tertiary alicyclic amines) is 1. The van der Waals surface area contributed by atoms with Crippen LogP contribution >= 0.6 is 0 Å². The molecule has 4 rings (SSSR count). The van der Waals surface area contributed by atoms with E-state index in [1.807, 2.05) is 11.9 Å². The van der Waals surface area contributed by atoms with Crippen LogP contribution in [0.3, 0.4) is 0 Å². The molecule has 0 spiro atoms. The molecule has 0 radical (unpaired) electrons. The second kappa shape index (κ2) is 7.89. The zero-order valence-corrected chi connectivity index (χ0v) is 17.5. The first-order valence-corrected chi connectivity index (χ1v) is 11.8. The average molecular weight is 418 g/mol. The number of hydrogen-bond donors (Lipinski definition) is 1. The van der Waals surface area contributed by atoms with E-state index in [1.54, 1.807) is 12.1 Å². The highest BCUT2D eigenvalue weighted by molar-refractivity contribution is 7.90. The zero-order valence-electron chi connectivity index (χ0n) is 16.6. The van der Waals surface area contributed by atoms with E-state index in [4.69, 9.17) is 0 Å².